The number of aryl methyl sites for hydroxylation is 1. The zero-order valence-corrected chi connectivity index (χ0v) is 15.7. The molecule has 0 aliphatic carbocycles. The summed E-state index contributed by atoms with van der Waals surface area (Å²) < 4.78 is 70.1. The standard InChI is InChI=1S/C16H23F3N2O4S/c1-4-6-11-13(24-10-5-9-21(2)26(3,22)23)8-7-12-14(11)25-20-15(12)16(17,18)19/h7-8,22-23H,4-6,9-10H2,1-3H3. The third kappa shape index (κ3) is 4.81. The Bertz CT molecular complexity index is 743. The van der Waals surface area contributed by atoms with Gasteiger partial charge in [-0.05, 0) is 25.0 Å². The molecular formula is C16H23F3N2O4S. The van der Waals surface area contributed by atoms with Gasteiger partial charge in [0.25, 0.3) is 0 Å². The van der Waals surface area contributed by atoms with E-state index in [-0.39, 0.29) is 17.6 Å². The van der Waals surface area contributed by atoms with Gasteiger partial charge in [-0.1, -0.05) is 18.5 Å². The van der Waals surface area contributed by atoms with Crippen molar-refractivity contribution in [3.8, 4) is 5.75 Å². The fraction of sp³-hybridized carbons (Fsp3) is 0.562. The molecule has 10 heteroatoms. The van der Waals surface area contributed by atoms with Crippen molar-refractivity contribution in [3.63, 3.8) is 0 Å². The van der Waals surface area contributed by atoms with Crippen LogP contribution in [0, 0.1) is 0 Å². The summed E-state index contributed by atoms with van der Waals surface area (Å²) >= 11 is 0. The summed E-state index contributed by atoms with van der Waals surface area (Å²) in [7, 11) is -1.16. The largest absolute Gasteiger partial charge is 0.493 e. The molecule has 1 aromatic heterocycles. The lowest BCUT2D eigenvalue weighted by atomic mass is 10.0. The number of halogens is 3. The monoisotopic (exact) mass is 396 g/mol. The van der Waals surface area contributed by atoms with Gasteiger partial charge in [-0.25, -0.2) is 4.31 Å². The predicted octanol–water partition coefficient (Wildman–Crippen LogP) is 4.80. The van der Waals surface area contributed by atoms with E-state index in [1.807, 2.05) is 6.92 Å². The van der Waals surface area contributed by atoms with Gasteiger partial charge in [0.1, 0.15) is 5.75 Å². The molecule has 0 fully saturated rings. The molecule has 0 aliphatic heterocycles. The number of hydrogen-bond acceptors (Lipinski definition) is 6. The molecule has 0 spiro atoms. The molecule has 0 saturated heterocycles. The number of ether oxygens (including phenoxy) is 1. The zero-order chi connectivity index (χ0) is 19.5. The molecule has 0 unspecified atom stereocenters. The van der Waals surface area contributed by atoms with Crippen LogP contribution in [0.1, 0.15) is 31.0 Å². The SMILES string of the molecule is CCCc1c(OCCCN(C)S(C)(O)O)ccc2c(C(F)(F)F)noc12. The van der Waals surface area contributed by atoms with Gasteiger partial charge >= 0.3 is 6.18 Å². The van der Waals surface area contributed by atoms with Crippen LogP contribution in [0.3, 0.4) is 0 Å². The van der Waals surface area contributed by atoms with Crippen LogP contribution in [-0.4, -0.2) is 45.0 Å². The second-order valence-corrected chi connectivity index (χ2v) is 8.25. The molecule has 1 aromatic carbocycles. The van der Waals surface area contributed by atoms with Crippen LogP contribution in [0.15, 0.2) is 16.7 Å². The Morgan fingerprint density at radius 1 is 1.31 bits per heavy atom. The van der Waals surface area contributed by atoms with E-state index >= 15 is 0 Å². The molecule has 2 N–H and O–H groups in total. The highest BCUT2D eigenvalue weighted by Gasteiger charge is 2.37. The third-order valence-electron chi connectivity index (χ3n) is 3.93. The minimum Gasteiger partial charge on any atom is -0.493 e. The highest BCUT2D eigenvalue weighted by Crippen LogP contribution is 2.38. The lowest BCUT2D eigenvalue weighted by Crippen LogP contribution is -2.24. The second kappa shape index (κ2) is 8.03. The van der Waals surface area contributed by atoms with Crippen LogP contribution < -0.4 is 4.74 Å². The fourth-order valence-electron chi connectivity index (χ4n) is 2.51. The molecule has 148 valence electrons. The Labute approximate surface area is 151 Å². The second-order valence-electron chi connectivity index (χ2n) is 6.04. The van der Waals surface area contributed by atoms with Crippen LogP contribution in [0.4, 0.5) is 13.2 Å². The highest BCUT2D eigenvalue weighted by molar-refractivity contribution is 8.21. The first-order chi connectivity index (χ1) is 12.1. The molecule has 26 heavy (non-hydrogen) atoms. The number of nitrogens with zero attached hydrogens (tertiary/aromatic N) is 2. The van der Waals surface area contributed by atoms with Crippen LogP contribution in [-0.2, 0) is 12.6 Å². The summed E-state index contributed by atoms with van der Waals surface area (Å²) in [6, 6.07) is 2.80. The maximum absolute atomic E-state index is 13.0. The van der Waals surface area contributed by atoms with Crippen molar-refractivity contribution >= 4 is 21.7 Å². The molecule has 0 atom stereocenters. The summed E-state index contributed by atoms with van der Waals surface area (Å²) in [5.41, 5.74) is -0.385. The normalized spacial score (nSPS) is 13.6. The van der Waals surface area contributed by atoms with Crippen LogP contribution >= 0.6 is 10.8 Å². The molecule has 0 amide bonds. The summed E-state index contributed by atoms with van der Waals surface area (Å²) in [4.78, 5) is 0. The summed E-state index contributed by atoms with van der Waals surface area (Å²) in [6.45, 7) is 2.60. The average Bonchev–Trinajstić information content (AvgIpc) is 2.96. The number of hydrogen-bond donors (Lipinski definition) is 2. The smallest absolute Gasteiger partial charge is 0.437 e. The number of benzene rings is 1. The van der Waals surface area contributed by atoms with Gasteiger partial charge in [-0.2, -0.15) is 13.2 Å². The summed E-state index contributed by atoms with van der Waals surface area (Å²) in [5.74, 6) is 0.454. The minimum atomic E-state index is -4.58. The Kier molecular flexibility index (Phi) is 6.43. The van der Waals surface area contributed by atoms with Gasteiger partial charge in [0, 0.05) is 25.4 Å². The average molecular weight is 396 g/mol. The van der Waals surface area contributed by atoms with E-state index in [0.29, 0.717) is 37.1 Å². The lowest BCUT2D eigenvalue weighted by molar-refractivity contribution is -0.141. The van der Waals surface area contributed by atoms with E-state index in [4.69, 9.17) is 9.26 Å². The number of aromatic nitrogens is 1. The van der Waals surface area contributed by atoms with E-state index in [9.17, 15) is 22.3 Å². The third-order valence-corrected chi connectivity index (χ3v) is 5.30. The topological polar surface area (TPSA) is 79.0 Å². The molecule has 0 saturated carbocycles. The van der Waals surface area contributed by atoms with E-state index < -0.39 is 22.6 Å². The van der Waals surface area contributed by atoms with Crippen molar-refractivity contribution in [2.75, 3.05) is 26.5 Å². The molecule has 1 heterocycles. The van der Waals surface area contributed by atoms with Crippen molar-refractivity contribution < 1.29 is 31.5 Å². The maximum atomic E-state index is 13.0. The van der Waals surface area contributed by atoms with Crippen molar-refractivity contribution in [2.24, 2.45) is 0 Å². The molecule has 0 radical (unpaired) electrons. The quantitative estimate of drug-likeness (QED) is 0.625. The first kappa shape index (κ1) is 20.8. The summed E-state index contributed by atoms with van der Waals surface area (Å²) in [5, 5.41) is 3.11. The number of fused-ring (bicyclic) bond motifs is 1. The van der Waals surface area contributed by atoms with E-state index in [1.165, 1.54) is 22.7 Å². The zero-order valence-electron chi connectivity index (χ0n) is 14.8. The molecule has 6 nitrogen and oxygen atoms in total. The van der Waals surface area contributed by atoms with Crippen LogP contribution in [0.2, 0.25) is 0 Å². The molecule has 2 aromatic rings. The molecule has 2 rings (SSSR count). The van der Waals surface area contributed by atoms with Crippen molar-refractivity contribution in [1.82, 2.24) is 9.46 Å². The Balaban J connectivity index is 2.16. The highest BCUT2D eigenvalue weighted by atomic mass is 32.3. The van der Waals surface area contributed by atoms with Gasteiger partial charge in [-0.15, -0.1) is 10.8 Å². The summed E-state index contributed by atoms with van der Waals surface area (Å²) in [6.07, 6.45) is -1.52. The van der Waals surface area contributed by atoms with Crippen LogP contribution in [0.25, 0.3) is 11.0 Å². The van der Waals surface area contributed by atoms with E-state index in [2.05, 4.69) is 5.16 Å². The Hall–Kier alpha value is -1.49. The van der Waals surface area contributed by atoms with E-state index in [0.717, 1.165) is 0 Å². The van der Waals surface area contributed by atoms with Crippen LogP contribution in [0.5, 0.6) is 5.75 Å². The van der Waals surface area contributed by atoms with E-state index in [1.54, 1.807) is 7.05 Å². The van der Waals surface area contributed by atoms with Gasteiger partial charge in [0.05, 0.1) is 12.0 Å². The molecule has 0 bridgehead atoms. The molecule has 0 aliphatic rings. The van der Waals surface area contributed by atoms with Crippen molar-refractivity contribution in [2.45, 2.75) is 32.4 Å². The van der Waals surface area contributed by atoms with Gasteiger partial charge in [-0.3, -0.25) is 9.11 Å². The van der Waals surface area contributed by atoms with Crippen molar-refractivity contribution in [1.29, 1.82) is 0 Å². The first-order valence-electron chi connectivity index (χ1n) is 8.11. The van der Waals surface area contributed by atoms with Gasteiger partial charge in [0.2, 0.25) is 0 Å². The predicted molar refractivity (Wildman–Crippen MR) is 94.5 cm³/mol. The lowest BCUT2D eigenvalue weighted by Gasteiger charge is -2.36. The Morgan fingerprint density at radius 3 is 2.58 bits per heavy atom. The number of alkyl halides is 3. The first-order valence-corrected chi connectivity index (χ1v) is 10.0. The maximum Gasteiger partial charge on any atom is 0.437 e. The Morgan fingerprint density at radius 2 is 2.00 bits per heavy atom. The van der Waals surface area contributed by atoms with Crippen molar-refractivity contribution in [3.05, 3.63) is 23.4 Å². The van der Waals surface area contributed by atoms with Gasteiger partial charge in [0.15, 0.2) is 11.3 Å². The molecular weight excluding hydrogens is 373 g/mol. The number of rotatable bonds is 8. The van der Waals surface area contributed by atoms with Gasteiger partial charge < -0.3 is 9.26 Å². The minimum absolute atomic E-state index is 0.0760. The fourth-order valence-corrected chi connectivity index (χ4v) is 2.98.